The molecule has 1 aromatic rings. The van der Waals surface area contributed by atoms with Crippen LogP contribution in [0.15, 0.2) is 49.1 Å². The van der Waals surface area contributed by atoms with Gasteiger partial charge in [-0.25, -0.2) is 0 Å². The summed E-state index contributed by atoms with van der Waals surface area (Å²) < 4.78 is 0. The summed E-state index contributed by atoms with van der Waals surface area (Å²) in [6.45, 7) is 3.75. The molecule has 1 N–H and O–H groups in total. The monoisotopic (exact) mass is 300 g/mol. The largest absolute Gasteiger partial charge is 0.508 e. The van der Waals surface area contributed by atoms with Crippen LogP contribution in [0.1, 0.15) is 69.8 Å². The first-order valence-electron chi connectivity index (χ1n) is 8.86. The van der Waals surface area contributed by atoms with Gasteiger partial charge in [0.2, 0.25) is 0 Å². The molecule has 22 heavy (non-hydrogen) atoms. The van der Waals surface area contributed by atoms with Crippen molar-refractivity contribution < 1.29 is 5.11 Å². The lowest BCUT2D eigenvalue weighted by molar-refractivity contribution is 0.474. The maximum atomic E-state index is 9.39. The Hall–Kier alpha value is -1.50. The molecule has 0 amide bonds. The zero-order valence-electron chi connectivity index (χ0n) is 14.0. The van der Waals surface area contributed by atoms with Crippen molar-refractivity contribution in [1.82, 2.24) is 0 Å². The number of phenols is 1. The molecule has 0 heterocycles. The topological polar surface area (TPSA) is 20.2 Å². The minimum atomic E-state index is 0.357. The first-order valence-corrected chi connectivity index (χ1v) is 8.86. The Labute approximate surface area is 136 Å². The highest BCUT2D eigenvalue weighted by Gasteiger charge is 1.93. The van der Waals surface area contributed by atoms with Crippen molar-refractivity contribution in [1.29, 1.82) is 0 Å². The second kappa shape index (κ2) is 13.2. The second-order valence-electron chi connectivity index (χ2n) is 6.04. The molecule has 1 aromatic carbocycles. The predicted molar refractivity (Wildman–Crippen MR) is 97.3 cm³/mol. The fourth-order valence-electron chi connectivity index (χ4n) is 2.63. The summed E-state index contributed by atoms with van der Waals surface area (Å²) in [7, 11) is 0. The molecule has 0 bridgehead atoms. The minimum Gasteiger partial charge on any atom is -0.508 e. The normalized spacial score (nSPS) is 11.1. The van der Waals surface area contributed by atoms with E-state index in [9.17, 15) is 5.11 Å². The molecule has 0 saturated carbocycles. The van der Waals surface area contributed by atoms with Crippen molar-refractivity contribution in [2.45, 2.75) is 70.6 Å². The molecular formula is C21H32O. The van der Waals surface area contributed by atoms with Gasteiger partial charge in [-0.3, -0.25) is 0 Å². The first-order chi connectivity index (χ1) is 10.8. The molecule has 122 valence electrons. The van der Waals surface area contributed by atoms with E-state index in [0.29, 0.717) is 5.75 Å². The van der Waals surface area contributed by atoms with Crippen molar-refractivity contribution in [3.05, 3.63) is 54.6 Å². The summed E-state index contributed by atoms with van der Waals surface area (Å²) in [5, 5.41) is 9.39. The minimum absolute atomic E-state index is 0.357. The number of hydrogen-bond donors (Lipinski definition) is 1. The highest BCUT2D eigenvalue weighted by molar-refractivity contribution is 5.28. The van der Waals surface area contributed by atoms with E-state index >= 15 is 0 Å². The summed E-state index contributed by atoms with van der Waals surface area (Å²) in [5.74, 6) is 0.357. The van der Waals surface area contributed by atoms with E-state index in [1.54, 1.807) is 6.07 Å². The number of rotatable bonds is 13. The van der Waals surface area contributed by atoms with Gasteiger partial charge in [-0.05, 0) is 49.8 Å². The Balaban J connectivity index is 1.89. The van der Waals surface area contributed by atoms with Crippen LogP contribution < -0.4 is 0 Å². The van der Waals surface area contributed by atoms with Crippen molar-refractivity contribution in [2.75, 3.05) is 0 Å². The van der Waals surface area contributed by atoms with Crippen LogP contribution in [0.25, 0.3) is 0 Å². The molecular weight excluding hydrogens is 268 g/mol. The Morgan fingerprint density at radius 1 is 0.818 bits per heavy atom. The Bertz CT molecular complexity index is 420. The average Bonchev–Trinajstić information content (AvgIpc) is 2.52. The maximum absolute atomic E-state index is 9.39. The van der Waals surface area contributed by atoms with Crippen molar-refractivity contribution in [3.8, 4) is 5.75 Å². The van der Waals surface area contributed by atoms with E-state index in [-0.39, 0.29) is 0 Å². The van der Waals surface area contributed by atoms with Crippen molar-refractivity contribution in [3.63, 3.8) is 0 Å². The van der Waals surface area contributed by atoms with Crippen LogP contribution in [0.5, 0.6) is 5.75 Å². The smallest absolute Gasteiger partial charge is 0.115 e. The van der Waals surface area contributed by atoms with E-state index in [2.05, 4.69) is 24.8 Å². The van der Waals surface area contributed by atoms with Crippen LogP contribution in [-0.2, 0) is 6.42 Å². The number of hydrogen-bond acceptors (Lipinski definition) is 1. The van der Waals surface area contributed by atoms with Crippen molar-refractivity contribution in [2.24, 2.45) is 0 Å². The third kappa shape index (κ3) is 10.3. The van der Waals surface area contributed by atoms with Crippen LogP contribution >= 0.6 is 0 Å². The second-order valence-corrected chi connectivity index (χ2v) is 6.04. The van der Waals surface area contributed by atoms with E-state index < -0.39 is 0 Å². The van der Waals surface area contributed by atoms with Crippen LogP contribution in [0, 0.1) is 0 Å². The number of benzene rings is 1. The fraction of sp³-hybridized carbons (Fsp3) is 0.524. The quantitative estimate of drug-likeness (QED) is 0.322. The summed E-state index contributed by atoms with van der Waals surface area (Å²) in [4.78, 5) is 0. The molecule has 1 rings (SSSR count). The van der Waals surface area contributed by atoms with E-state index in [4.69, 9.17) is 0 Å². The molecule has 0 aliphatic carbocycles. The zero-order chi connectivity index (χ0) is 15.9. The molecule has 1 nitrogen and oxygen atoms in total. The van der Waals surface area contributed by atoms with Gasteiger partial charge in [-0.1, -0.05) is 68.9 Å². The van der Waals surface area contributed by atoms with Gasteiger partial charge < -0.3 is 5.11 Å². The van der Waals surface area contributed by atoms with Gasteiger partial charge in [-0.15, -0.1) is 6.58 Å². The van der Waals surface area contributed by atoms with Crippen LogP contribution in [0.2, 0.25) is 0 Å². The molecule has 0 aliphatic heterocycles. The average molecular weight is 300 g/mol. The molecule has 0 spiro atoms. The molecule has 0 fully saturated rings. The van der Waals surface area contributed by atoms with Gasteiger partial charge in [-0.2, -0.15) is 0 Å². The standard InChI is InChI=1S/C21H32O/c1-2-3-4-5-6-7-8-9-10-11-12-13-14-16-20-17-15-18-21(22)19-20/h2,13-15,17-19,22H,1,3-12,16H2/b14-13+. The van der Waals surface area contributed by atoms with E-state index in [1.807, 2.05) is 18.2 Å². The SMILES string of the molecule is C=CCCCCCCCCCC/C=C/Cc1cccc(O)c1. The molecule has 0 aliphatic rings. The van der Waals surface area contributed by atoms with Gasteiger partial charge in [0.15, 0.2) is 0 Å². The van der Waals surface area contributed by atoms with Crippen LogP contribution in [0.3, 0.4) is 0 Å². The highest BCUT2D eigenvalue weighted by Crippen LogP contribution is 2.13. The summed E-state index contributed by atoms with van der Waals surface area (Å²) >= 11 is 0. The number of unbranched alkanes of at least 4 members (excludes halogenated alkanes) is 9. The van der Waals surface area contributed by atoms with Crippen LogP contribution in [-0.4, -0.2) is 5.11 Å². The predicted octanol–water partition coefficient (Wildman–Crippen LogP) is 6.58. The molecule has 0 aromatic heterocycles. The van der Waals surface area contributed by atoms with E-state index in [0.717, 1.165) is 6.42 Å². The lowest BCUT2D eigenvalue weighted by Crippen LogP contribution is -1.82. The Morgan fingerprint density at radius 3 is 2.09 bits per heavy atom. The number of allylic oxidation sites excluding steroid dienone is 3. The molecule has 1 heteroatoms. The first kappa shape index (κ1) is 18.5. The van der Waals surface area contributed by atoms with E-state index in [1.165, 1.54) is 69.8 Å². The summed E-state index contributed by atoms with van der Waals surface area (Å²) in [5.41, 5.74) is 1.17. The molecule has 0 unspecified atom stereocenters. The Morgan fingerprint density at radius 2 is 1.45 bits per heavy atom. The lowest BCUT2D eigenvalue weighted by atomic mass is 10.1. The third-order valence-electron chi connectivity index (χ3n) is 3.96. The van der Waals surface area contributed by atoms with Gasteiger partial charge in [0.1, 0.15) is 5.75 Å². The van der Waals surface area contributed by atoms with Gasteiger partial charge in [0, 0.05) is 0 Å². The van der Waals surface area contributed by atoms with Gasteiger partial charge in [0.25, 0.3) is 0 Å². The number of phenolic OH excluding ortho intramolecular Hbond substituents is 1. The summed E-state index contributed by atoms with van der Waals surface area (Å²) in [6.07, 6.45) is 20.7. The molecule has 0 saturated heterocycles. The third-order valence-corrected chi connectivity index (χ3v) is 3.96. The van der Waals surface area contributed by atoms with Crippen LogP contribution in [0.4, 0.5) is 0 Å². The Kier molecular flexibility index (Phi) is 11.1. The maximum Gasteiger partial charge on any atom is 0.115 e. The molecule has 0 radical (unpaired) electrons. The number of aromatic hydroxyl groups is 1. The summed E-state index contributed by atoms with van der Waals surface area (Å²) in [6, 6.07) is 7.50. The van der Waals surface area contributed by atoms with Gasteiger partial charge in [0.05, 0.1) is 0 Å². The van der Waals surface area contributed by atoms with Gasteiger partial charge >= 0.3 is 0 Å². The lowest BCUT2D eigenvalue weighted by Gasteiger charge is -2.01. The zero-order valence-corrected chi connectivity index (χ0v) is 14.0. The fourth-order valence-corrected chi connectivity index (χ4v) is 2.63. The molecule has 0 atom stereocenters. The highest BCUT2D eigenvalue weighted by atomic mass is 16.3. The van der Waals surface area contributed by atoms with Crippen molar-refractivity contribution >= 4 is 0 Å².